The van der Waals surface area contributed by atoms with E-state index in [0.717, 1.165) is 17.8 Å². The summed E-state index contributed by atoms with van der Waals surface area (Å²) in [5.74, 6) is -1.08. The molecule has 2 nitrogen and oxygen atoms in total. The Balaban J connectivity index is 1.95. The summed E-state index contributed by atoms with van der Waals surface area (Å²) in [6.45, 7) is 0. The Hall–Kier alpha value is -1.73. The lowest BCUT2D eigenvalue weighted by atomic mass is 10.1. The van der Waals surface area contributed by atoms with Crippen molar-refractivity contribution in [1.82, 2.24) is 0 Å². The van der Waals surface area contributed by atoms with Crippen molar-refractivity contribution in [3.63, 3.8) is 0 Å². The van der Waals surface area contributed by atoms with Gasteiger partial charge in [0.05, 0.1) is 17.0 Å². The first-order valence-corrected chi connectivity index (χ1v) is 8.29. The van der Waals surface area contributed by atoms with Crippen LogP contribution in [0.15, 0.2) is 42.5 Å². The number of anilines is 1. The van der Waals surface area contributed by atoms with Gasteiger partial charge in [0.25, 0.3) is 0 Å². The summed E-state index contributed by atoms with van der Waals surface area (Å²) in [5.41, 5.74) is -0.965. The summed E-state index contributed by atoms with van der Waals surface area (Å²) in [6, 6.07) is 8.96. The van der Waals surface area contributed by atoms with Gasteiger partial charge in [0.15, 0.2) is 0 Å². The van der Waals surface area contributed by atoms with Crippen molar-refractivity contribution in [1.29, 1.82) is 0 Å². The zero-order valence-electron chi connectivity index (χ0n) is 12.2. The van der Waals surface area contributed by atoms with Crippen LogP contribution in [0, 0.1) is 5.82 Å². The predicted molar refractivity (Wildman–Crippen MR) is 87.6 cm³/mol. The van der Waals surface area contributed by atoms with Crippen molar-refractivity contribution in [2.45, 2.75) is 11.9 Å². The zero-order chi connectivity index (χ0) is 17.7. The number of amides is 1. The van der Waals surface area contributed by atoms with E-state index in [2.05, 4.69) is 5.32 Å². The number of benzene rings is 2. The van der Waals surface area contributed by atoms with Crippen molar-refractivity contribution in [2.75, 3.05) is 11.1 Å². The topological polar surface area (TPSA) is 29.1 Å². The van der Waals surface area contributed by atoms with E-state index >= 15 is 0 Å². The highest BCUT2D eigenvalue weighted by molar-refractivity contribution is 7.99. The number of thioether (sulfide) groups is 1. The molecule has 0 aliphatic carbocycles. The van der Waals surface area contributed by atoms with Gasteiger partial charge in [0.1, 0.15) is 5.82 Å². The number of alkyl halides is 3. The Labute approximate surface area is 145 Å². The minimum absolute atomic E-state index is 0.128. The van der Waals surface area contributed by atoms with Crippen molar-refractivity contribution in [3.8, 4) is 0 Å². The molecule has 0 atom stereocenters. The standard InChI is InChI=1S/C16H12ClF4NOS/c17-12-5-3-6-13(18)10(12)8-24-9-15(23)22-14-7-2-1-4-11(14)16(19,20)21/h1-7H,8-9H2,(H,22,23). The molecule has 2 aromatic rings. The van der Waals surface area contributed by atoms with Gasteiger partial charge in [-0.25, -0.2) is 4.39 Å². The van der Waals surface area contributed by atoms with Crippen molar-refractivity contribution < 1.29 is 22.4 Å². The number of carbonyl (C=O) groups excluding carboxylic acids is 1. The molecule has 128 valence electrons. The Bertz CT molecular complexity index is 716. The van der Waals surface area contributed by atoms with E-state index in [1.165, 1.54) is 36.4 Å². The minimum Gasteiger partial charge on any atom is -0.325 e. The molecule has 0 heterocycles. The Kier molecular flexibility index (Phi) is 6.12. The van der Waals surface area contributed by atoms with E-state index in [-0.39, 0.29) is 27.8 Å². The third-order valence-corrected chi connectivity index (χ3v) is 4.36. The van der Waals surface area contributed by atoms with Crippen molar-refractivity contribution in [3.05, 3.63) is 64.4 Å². The highest BCUT2D eigenvalue weighted by Gasteiger charge is 2.33. The second kappa shape index (κ2) is 7.90. The molecule has 8 heteroatoms. The molecule has 0 aromatic heterocycles. The molecule has 24 heavy (non-hydrogen) atoms. The molecule has 0 saturated heterocycles. The van der Waals surface area contributed by atoms with E-state index < -0.39 is 23.5 Å². The summed E-state index contributed by atoms with van der Waals surface area (Å²) in [6.07, 6.45) is -4.56. The van der Waals surface area contributed by atoms with Crippen LogP contribution in [0.2, 0.25) is 5.02 Å². The van der Waals surface area contributed by atoms with E-state index in [4.69, 9.17) is 11.6 Å². The fourth-order valence-corrected chi connectivity index (χ4v) is 3.11. The van der Waals surface area contributed by atoms with E-state index in [9.17, 15) is 22.4 Å². The molecule has 0 fully saturated rings. The summed E-state index contributed by atoms with van der Waals surface area (Å²) in [7, 11) is 0. The van der Waals surface area contributed by atoms with Crippen LogP contribution in [0.25, 0.3) is 0 Å². The molecule has 0 radical (unpaired) electrons. The summed E-state index contributed by atoms with van der Waals surface area (Å²) >= 11 is 6.92. The third-order valence-electron chi connectivity index (χ3n) is 3.05. The molecule has 0 aliphatic rings. The van der Waals surface area contributed by atoms with Crippen LogP contribution < -0.4 is 5.32 Å². The van der Waals surface area contributed by atoms with E-state index in [0.29, 0.717) is 0 Å². The van der Waals surface area contributed by atoms with Crippen LogP contribution in [0.3, 0.4) is 0 Å². The molecule has 1 N–H and O–H groups in total. The molecule has 0 aliphatic heterocycles. The zero-order valence-corrected chi connectivity index (χ0v) is 13.7. The number of halogens is 5. The third kappa shape index (κ3) is 4.88. The smallest absolute Gasteiger partial charge is 0.325 e. The fourth-order valence-electron chi connectivity index (χ4n) is 1.94. The van der Waals surface area contributed by atoms with Crippen LogP contribution in [0.4, 0.5) is 23.2 Å². The van der Waals surface area contributed by atoms with Gasteiger partial charge in [-0.2, -0.15) is 13.2 Å². The number of hydrogen-bond donors (Lipinski definition) is 1. The first kappa shape index (κ1) is 18.6. The SMILES string of the molecule is O=C(CSCc1c(F)cccc1Cl)Nc1ccccc1C(F)(F)F. The van der Waals surface area contributed by atoms with Gasteiger partial charge in [-0.05, 0) is 24.3 Å². The van der Waals surface area contributed by atoms with Crippen LogP contribution >= 0.6 is 23.4 Å². The summed E-state index contributed by atoms with van der Waals surface area (Å²) in [5, 5.41) is 2.47. The maximum Gasteiger partial charge on any atom is 0.418 e. The highest BCUT2D eigenvalue weighted by atomic mass is 35.5. The van der Waals surface area contributed by atoms with Crippen LogP contribution in [0.5, 0.6) is 0 Å². The van der Waals surface area contributed by atoms with Crippen LogP contribution in [-0.2, 0) is 16.7 Å². The van der Waals surface area contributed by atoms with E-state index in [1.54, 1.807) is 0 Å². The van der Waals surface area contributed by atoms with Gasteiger partial charge in [-0.15, -0.1) is 11.8 Å². The Morgan fingerprint density at radius 2 is 1.83 bits per heavy atom. The van der Waals surface area contributed by atoms with E-state index in [1.807, 2.05) is 0 Å². The van der Waals surface area contributed by atoms with Gasteiger partial charge in [0.2, 0.25) is 5.91 Å². The minimum atomic E-state index is -4.56. The van der Waals surface area contributed by atoms with Crippen LogP contribution in [-0.4, -0.2) is 11.7 Å². The maximum atomic E-state index is 13.6. The molecule has 0 saturated carbocycles. The second-order valence-corrected chi connectivity index (χ2v) is 6.18. The molecular formula is C16H12ClF4NOS. The molecule has 1 amide bonds. The Morgan fingerprint density at radius 3 is 2.50 bits per heavy atom. The molecule has 2 rings (SSSR count). The molecule has 0 spiro atoms. The lowest BCUT2D eigenvalue weighted by molar-refractivity contribution is -0.137. The fraction of sp³-hybridized carbons (Fsp3) is 0.188. The number of rotatable bonds is 5. The van der Waals surface area contributed by atoms with Gasteiger partial charge < -0.3 is 5.32 Å². The highest BCUT2D eigenvalue weighted by Crippen LogP contribution is 2.34. The van der Waals surface area contributed by atoms with Gasteiger partial charge in [-0.3, -0.25) is 4.79 Å². The average Bonchev–Trinajstić information content (AvgIpc) is 2.49. The van der Waals surface area contributed by atoms with Crippen molar-refractivity contribution >= 4 is 35.0 Å². The average molecular weight is 378 g/mol. The molecule has 0 bridgehead atoms. The molecular weight excluding hydrogens is 366 g/mol. The number of hydrogen-bond acceptors (Lipinski definition) is 2. The van der Waals surface area contributed by atoms with Gasteiger partial charge >= 0.3 is 6.18 Å². The number of carbonyl (C=O) groups is 1. The molecule has 2 aromatic carbocycles. The number of para-hydroxylation sites is 1. The summed E-state index contributed by atoms with van der Waals surface area (Å²) in [4.78, 5) is 11.8. The normalized spacial score (nSPS) is 11.4. The Morgan fingerprint density at radius 1 is 1.12 bits per heavy atom. The van der Waals surface area contributed by atoms with Gasteiger partial charge in [0, 0.05) is 16.3 Å². The largest absolute Gasteiger partial charge is 0.418 e. The molecule has 0 unspecified atom stereocenters. The quantitative estimate of drug-likeness (QED) is 0.710. The lowest BCUT2D eigenvalue weighted by Gasteiger charge is -2.13. The maximum absolute atomic E-state index is 13.6. The lowest BCUT2D eigenvalue weighted by Crippen LogP contribution is -2.18. The monoisotopic (exact) mass is 377 g/mol. The first-order chi connectivity index (χ1) is 11.3. The van der Waals surface area contributed by atoms with Crippen molar-refractivity contribution in [2.24, 2.45) is 0 Å². The predicted octanol–water partition coefficient (Wildman–Crippen LogP) is 5.37. The first-order valence-electron chi connectivity index (χ1n) is 6.75. The number of nitrogens with one attached hydrogen (secondary N) is 1. The van der Waals surface area contributed by atoms with Crippen LogP contribution in [0.1, 0.15) is 11.1 Å². The second-order valence-electron chi connectivity index (χ2n) is 4.78. The van der Waals surface area contributed by atoms with Gasteiger partial charge in [-0.1, -0.05) is 29.8 Å². The summed E-state index contributed by atoms with van der Waals surface area (Å²) < 4.78 is 52.1.